The number of carbonyl (C=O) groups is 1. The van der Waals surface area contributed by atoms with E-state index in [0.29, 0.717) is 45.1 Å². The molecule has 2 aromatic rings. The Morgan fingerprint density at radius 2 is 1.65 bits per heavy atom. The predicted octanol–water partition coefficient (Wildman–Crippen LogP) is 3.77. The van der Waals surface area contributed by atoms with Crippen LogP contribution in [0.15, 0.2) is 36.7 Å². The minimum atomic E-state index is -0.103. The molecule has 1 aromatic carbocycles. The number of aryl methyl sites for hydroxylation is 1. The first kappa shape index (κ1) is 25.0. The van der Waals surface area contributed by atoms with Gasteiger partial charge in [0.25, 0.3) is 5.91 Å². The van der Waals surface area contributed by atoms with Gasteiger partial charge in [-0.2, -0.15) is 5.10 Å². The minimum Gasteiger partial charge on any atom is -0.379 e. The molecule has 1 amide bonds. The summed E-state index contributed by atoms with van der Waals surface area (Å²) in [7, 11) is 0. The van der Waals surface area contributed by atoms with Crippen LogP contribution in [0.4, 0.5) is 0 Å². The van der Waals surface area contributed by atoms with E-state index in [1.54, 1.807) is 0 Å². The van der Waals surface area contributed by atoms with Crippen LogP contribution in [0.2, 0.25) is 0 Å². The van der Waals surface area contributed by atoms with Gasteiger partial charge in [-0.15, -0.1) is 0 Å². The van der Waals surface area contributed by atoms with Crippen LogP contribution in [0.5, 0.6) is 0 Å². The average molecular weight is 432 g/mol. The Bertz CT molecular complexity index is 746. The van der Waals surface area contributed by atoms with Crippen LogP contribution in [0, 0.1) is 6.92 Å². The fourth-order valence-corrected chi connectivity index (χ4v) is 3.05. The molecule has 0 aliphatic rings. The Morgan fingerprint density at radius 3 is 2.26 bits per heavy atom. The van der Waals surface area contributed by atoms with E-state index in [-0.39, 0.29) is 11.9 Å². The van der Waals surface area contributed by atoms with Crippen LogP contribution >= 0.6 is 0 Å². The molecule has 1 atom stereocenters. The number of nitrogens with one attached hydrogen (secondary N) is 1. The van der Waals surface area contributed by atoms with Gasteiger partial charge in [-0.25, -0.2) is 0 Å². The number of aromatic nitrogens is 2. The molecule has 0 fully saturated rings. The van der Waals surface area contributed by atoms with Crippen molar-refractivity contribution < 1.29 is 19.0 Å². The summed E-state index contributed by atoms with van der Waals surface area (Å²) in [6, 6.07) is 7.75. The third kappa shape index (κ3) is 9.63. The Kier molecular flexibility index (Phi) is 11.9. The lowest BCUT2D eigenvalue weighted by atomic mass is 10.1. The first-order chi connectivity index (χ1) is 15.1. The molecule has 7 heteroatoms. The molecule has 0 spiro atoms. The standard InChI is InChI=1S/C24H37N3O4/c1-4-5-6-12-29-14-16-31-17-15-30-13-11-25-24(28)23-9-7-22(8-10-23)21(3)27-19-20(2)18-26-27/h7-10,18-19,21H,4-6,11-17H2,1-3H3,(H,25,28). The lowest BCUT2D eigenvalue weighted by molar-refractivity contribution is 0.0145. The molecule has 1 aromatic heterocycles. The highest BCUT2D eigenvalue weighted by Crippen LogP contribution is 2.18. The summed E-state index contributed by atoms with van der Waals surface area (Å²) in [6.07, 6.45) is 7.38. The predicted molar refractivity (Wildman–Crippen MR) is 122 cm³/mol. The van der Waals surface area contributed by atoms with E-state index >= 15 is 0 Å². The second-order valence-electron chi connectivity index (χ2n) is 7.60. The van der Waals surface area contributed by atoms with E-state index in [1.165, 1.54) is 12.8 Å². The zero-order valence-corrected chi connectivity index (χ0v) is 19.1. The third-order valence-electron chi connectivity index (χ3n) is 4.95. The molecular weight excluding hydrogens is 394 g/mol. The number of ether oxygens (including phenoxy) is 3. The van der Waals surface area contributed by atoms with Crippen molar-refractivity contribution >= 4 is 5.91 Å². The lowest BCUT2D eigenvalue weighted by Gasteiger charge is -2.13. The summed E-state index contributed by atoms with van der Waals surface area (Å²) in [6.45, 7) is 10.2. The number of carbonyl (C=O) groups excluding carboxylic acids is 1. The van der Waals surface area contributed by atoms with Gasteiger partial charge < -0.3 is 19.5 Å². The number of unbranched alkanes of at least 4 members (excludes halogenated alkanes) is 2. The van der Waals surface area contributed by atoms with Gasteiger partial charge in [-0.05, 0) is 43.5 Å². The number of benzene rings is 1. The smallest absolute Gasteiger partial charge is 0.251 e. The maximum atomic E-state index is 12.3. The van der Waals surface area contributed by atoms with Crippen molar-refractivity contribution in [1.82, 2.24) is 15.1 Å². The van der Waals surface area contributed by atoms with Crippen molar-refractivity contribution in [2.75, 3.05) is 46.2 Å². The van der Waals surface area contributed by atoms with Crippen molar-refractivity contribution in [3.05, 3.63) is 53.3 Å². The molecule has 2 rings (SSSR count). The molecule has 172 valence electrons. The van der Waals surface area contributed by atoms with E-state index in [1.807, 2.05) is 48.3 Å². The van der Waals surface area contributed by atoms with Crippen LogP contribution in [0.25, 0.3) is 0 Å². The quantitative estimate of drug-likeness (QED) is 0.410. The Balaban J connectivity index is 1.53. The van der Waals surface area contributed by atoms with Gasteiger partial charge in [0.1, 0.15) is 0 Å². The first-order valence-corrected chi connectivity index (χ1v) is 11.2. The number of hydrogen-bond acceptors (Lipinski definition) is 5. The fourth-order valence-electron chi connectivity index (χ4n) is 3.05. The second kappa shape index (κ2) is 14.7. The third-order valence-corrected chi connectivity index (χ3v) is 4.95. The number of hydrogen-bond donors (Lipinski definition) is 1. The van der Waals surface area contributed by atoms with Gasteiger partial charge in [0, 0.05) is 24.9 Å². The maximum Gasteiger partial charge on any atom is 0.251 e. The van der Waals surface area contributed by atoms with Gasteiger partial charge in [-0.3, -0.25) is 9.48 Å². The minimum absolute atomic E-state index is 0.103. The second-order valence-corrected chi connectivity index (χ2v) is 7.60. The summed E-state index contributed by atoms with van der Waals surface area (Å²) in [4.78, 5) is 12.3. The molecule has 1 N–H and O–H groups in total. The highest BCUT2D eigenvalue weighted by Gasteiger charge is 2.10. The molecule has 0 saturated carbocycles. The van der Waals surface area contributed by atoms with Gasteiger partial charge >= 0.3 is 0 Å². The summed E-state index contributed by atoms with van der Waals surface area (Å²) >= 11 is 0. The Morgan fingerprint density at radius 1 is 1.00 bits per heavy atom. The van der Waals surface area contributed by atoms with Crippen LogP contribution in [0.3, 0.4) is 0 Å². The molecule has 0 aliphatic heterocycles. The highest BCUT2D eigenvalue weighted by atomic mass is 16.5. The lowest BCUT2D eigenvalue weighted by Crippen LogP contribution is -2.27. The zero-order valence-electron chi connectivity index (χ0n) is 19.1. The van der Waals surface area contributed by atoms with Gasteiger partial charge in [-0.1, -0.05) is 31.9 Å². The first-order valence-electron chi connectivity index (χ1n) is 11.2. The van der Waals surface area contributed by atoms with E-state index in [4.69, 9.17) is 14.2 Å². The van der Waals surface area contributed by atoms with Crippen LogP contribution in [-0.4, -0.2) is 61.9 Å². The molecule has 0 radical (unpaired) electrons. The molecule has 7 nitrogen and oxygen atoms in total. The summed E-state index contributed by atoms with van der Waals surface area (Å²) in [5.74, 6) is -0.103. The van der Waals surface area contributed by atoms with Crippen molar-refractivity contribution in [1.29, 1.82) is 0 Å². The molecular formula is C24H37N3O4. The molecule has 0 saturated heterocycles. The number of amides is 1. The maximum absolute atomic E-state index is 12.3. The SMILES string of the molecule is CCCCCOCCOCCOCCNC(=O)c1ccc(C(C)n2cc(C)cn2)cc1. The van der Waals surface area contributed by atoms with Gasteiger partial charge in [0.15, 0.2) is 0 Å². The van der Waals surface area contributed by atoms with Crippen LogP contribution < -0.4 is 5.32 Å². The normalized spacial score (nSPS) is 12.1. The van der Waals surface area contributed by atoms with Crippen molar-refractivity contribution in [3.63, 3.8) is 0 Å². The monoisotopic (exact) mass is 431 g/mol. The molecule has 0 aliphatic carbocycles. The molecule has 1 unspecified atom stereocenters. The fraction of sp³-hybridized carbons (Fsp3) is 0.583. The van der Waals surface area contributed by atoms with Crippen molar-refractivity contribution in [2.45, 2.75) is 46.1 Å². The zero-order chi connectivity index (χ0) is 22.3. The molecule has 0 bridgehead atoms. The molecule has 31 heavy (non-hydrogen) atoms. The Labute approximate surface area is 186 Å². The highest BCUT2D eigenvalue weighted by molar-refractivity contribution is 5.94. The number of nitrogens with zero attached hydrogens (tertiary/aromatic N) is 2. The van der Waals surface area contributed by atoms with Crippen molar-refractivity contribution in [3.8, 4) is 0 Å². The largest absolute Gasteiger partial charge is 0.379 e. The van der Waals surface area contributed by atoms with E-state index < -0.39 is 0 Å². The van der Waals surface area contributed by atoms with Crippen LogP contribution in [-0.2, 0) is 14.2 Å². The topological polar surface area (TPSA) is 74.6 Å². The van der Waals surface area contributed by atoms with Gasteiger partial charge in [0.05, 0.1) is 45.3 Å². The van der Waals surface area contributed by atoms with Crippen molar-refractivity contribution in [2.24, 2.45) is 0 Å². The molecule has 1 heterocycles. The summed E-state index contributed by atoms with van der Waals surface area (Å²) in [5, 5.41) is 7.23. The summed E-state index contributed by atoms with van der Waals surface area (Å²) < 4.78 is 18.3. The van der Waals surface area contributed by atoms with Gasteiger partial charge in [0.2, 0.25) is 0 Å². The Hall–Kier alpha value is -2.22. The summed E-state index contributed by atoms with van der Waals surface area (Å²) in [5.41, 5.74) is 2.87. The van der Waals surface area contributed by atoms with Crippen LogP contribution in [0.1, 0.15) is 60.6 Å². The van der Waals surface area contributed by atoms with E-state index in [2.05, 4.69) is 24.3 Å². The van der Waals surface area contributed by atoms with E-state index in [9.17, 15) is 4.79 Å². The average Bonchev–Trinajstić information content (AvgIpc) is 3.22. The number of rotatable bonds is 16. The van der Waals surface area contributed by atoms with E-state index in [0.717, 1.165) is 24.2 Å².